The Balaban J connectivity index is 1.86. The highest BCUT2D eigenvalue weighted by Crippen LogP contribution is 2.30. The maximum atomic E-state index is 3.57. The van der Waals surface area contributed by atoms with Crippen molar-refractivity contribution in [1.29, 1.82) is 0 Å². The highest BCUT2D eigenvalue weighted by atomic mass is 15.1. The maximum Gasteiger partial charge on any atom is 0.0687 e. The second-order valence-corrected chi connectivity index (χ2v) is 4.53. The highest BCUT2D eigenvalue weighted by molar-refractivity contribution is 5.71. The van der Waals surface area contributed by atoms with Crippen LogP contribution in [0.25, 0.3) is 0 Å². The first-order valence-corrected chi connectivity index (χ1v) is 5.99. The Morgan fingerprint density at radius 2 is 1.65 bits per heavy atom. The van der Waals surface area contributed by atoms with E-state index in [1.165, 1.54) is 22.5 Å². The molecule has 0 amide bonds. The summed E-state index contributed by atoms with van der Waals surface area (Å²) in [7, 11) is 0. The van der Waals surface area contributed by atoms with Crippen LogP contribution in [-0.2, 0) is 0 Å². The minimum absolute atomic E-state index is 0.352. The molecule has 0 saturated carbocycles. The Morgan fingerprint density at radius 3 is 2.41 bits per heavy atom. The number of para-hydroxylation sites is 2. The second kappa shape index (κ2) is 4.13. The summed E-state index contributed by atoms with van der Waals surface area (Å²) in [5.74, 6) is 0. The average molecular weight is 224 g/mol. The summed E-state index contributed by atoms with van der Waals surface area (Å²) < 4.78 is 0. The van der Waals surface area contributed by atoms with E-state index in [0.717, 1.165) is 6.54 Å². The van der Waals surface area contributed by atoms with Gasteiger partial charge >= 0.3 is 0 Å². The van der Waals surface area contributed by atoms with Gasteiger partial charge in [-0.1, -0.05) is 42.0 Å². The van der Waals surface area contributed by atoms with E-state index in [4.69, 9.17) is 0 Å². The smallest absolute Gasteiger partial charge is 0.0687 e. The van der Waals surface area contributed by atoms with Crippen molar-refractivity contribution in [3.63, 3.8) is 0 Å². The van der Waals surface area contributed by atoms with Crippen LogP contribution in [0.15, 0.2) is 48.5 Å². The van der Waals surface area contributed by atoms with Crippen molar-refractivity contribution in [2.75, 3.05) is 17.2 Å². The summed E-state index contributed by atoms with van der Waals surface area (Å²) in [4.78, 5) is 0. The third-order valence-corrected chi connectivity index (χ3v) is 3.23. The van der Waals surface area contributed by atoms with E-state index < -0.39 is 0 Å². The van der Waals surface area contributed by atoms with E-state index in [9.17, 15) is 0 Å². The molecule has 1 aliphatic rings. The van der Waals surface area contributed by atoms with E-state index in [-0.39, 0.29) is 0 Å². The topological polar surface area (TPSA) is 24.1 Å². The average Bonchev–Trinajstić information content (AvgIpc) is 2.39. The molecule has 0 aromatic heterocycles. The molecule has 0 spiro atoms. The molecule has 2 aromatic rings. The van der Waals surface area contributed by atoms with Crippen molar-refractivity contribution in [1.82, 2.24) is 0 Å². The zero-order valence-corrected chi connectivity index (χ0v) is 9.90. The monoisotopic (exact) mass is 224 g/mol. The number of hydrogen-bond donors (Lipinski definition) is 2. The van der Waals surface area contributed by atoms with Crippen LogP contribution < -0.4 is 10.6 Å². The van der Waals surface area contributed by atoms with Gasteiger partial charge < -0.3 is 10.6 Å². The van der Waals surface area contributed by atoms with Crippen LogP contribution >= 0.6 is 0 Å². The van der Waals surface area contributed by atoms with Crippen LogP contribution in [0, 0.1) is 6.92 Å². The number of rotatable bonds is 1. The first-order valence-electron chi connectivity index (χ1n) is 5.99. The summed E-state index contributed by atoms with van der Waals surface area (Å²) in [5, 5.41) is 7.03. The van der Waals surface area contributed by atoms with Crippen molar-refractivity contribution >= 4 is 11.4 Å². The molecule has 2 aromatic carbocycles. The minimum atomic E-state index is 0.352. The molecule has 0 fully saturated rings. The first kappa shape index (κ1) is 10.2. The maximum absolute atomic E-state index is 3.57. The lowest BCUT2D eigenvalue weighted by atomic mass is 10.0. The van der Waals surface area contributed by atoms with Gasteiger partial charge in [-0.05, 0) is 24.6 Å². The highest BCUT2D eigenvalue weighted by Gasteiger charge is 2.17. The predicted octanol–water partition coefficient (Wildman–Crippen LogP) is 3.57. The molecular weight excluding hydrogens is 208 g/mol. The fourth-order valence-electron chi connectivity index (χ4n) is 2.21. The molecule has 1 atom stereocenters. The van der Waals surface area contributed by atoms with Gasteiger partial charge in [0.15, 0.2) is 0 Å². The lowest BCUT2D eigenvalue weighted by Crippen LogP contribution is -2.25. The first-order chi connectivity index (χ1) is 8.33. The van der Waals surface area contributed by atoms with Gasteiger partial charge in [0.2, 0.25) is 0 Å². The number of hydrogen-bond acceptors (Lipinski definition) is 2. The van der Waals surface area contributed by atoms with Gasteiger partial charge in [0.05, 0.1) is 17.4 Å². The van der Waals surface area contributed by atoms with Crippen molar-refractivity contribution < 1.29 is 0 Å². The molecule has 1 unspecified atom stereocenters. The van der Waals surface area contributed by atoms with Crippen LogP contribution in [0.4, 0.5) is 11.4 Å². The van der Waals surface area contributed by atoms with Crippen LogP contribution in [0.5, 0.6) is 0 Å². The van der Waals surface area contributed by atoms with Crippen molar-refractivity contribution in [3.8, 4) is 0 Å². The molecule has 2 nitrogen and oxygen atoms in total. The van der Waals surface area contributed by atoms with E-state index in [0.29, 0.717) is 6.04 Å². The van der Waals surface area contributed by atoms with Crippen molar-refractivity contribution in [2.45, 2.75) is 13.0 Å². The fourth-order valence-corrected chi connectivity index (χ4v) is 2.21. The van der Waals surface area contributed by atoms with Crippen molar-refractivity contribution in [3.05, 3.63) is 59.7 Å². The van der Waals surface area contributed by atoms with Gasteiger partial charge in [-0.15, -0.1) is 0 Å². The van der Waals surface area contributed by atoms with Gasteiger partial charge in [0.1, 0.15) is 0 Å². The Labute approximate surface area is 102 Å². The lowest BCUT2D eigenvalue weighted by molar-refractivity contribution is 0.803. The van der Waals surface area contributed by atoms with Gasteiger partial charge in [-0.25, -0.2) is 0 Å². The number of aryl methyl sites for hydroxylation is 1. The molecule has 17 heavy (non-hydrogen) atoms. The van der Waals surface area contributed by atoms with Crippen molar-refractivity contribution in [2.24, 2.45) is 0 Å². The Kier molecular flexibility index (Phi) is 2.48. The molecule has 86 valence electrons. The zero-order chi connectivity index (χ0) is 11.7. The normalized spacial score (nSPS) is 17.8. The largest absolute Gasteiger partial charge is 0.381 e. The number of benzene rings is 2. The molecule has 2 N–H and O–H groups in total. The molecule has 0 bridgehead atoms. The minimum Gasteiger partial charge on any atom is -0.381 e. The molecule has 1 aliphatic heterocycles. The third kappa shape index (κ3) is 1.98. The van der Waals surface area contributed by atoms with Gasteiger partial charge in [-0.2, -0.15) is 0 Å². The van der Waals surface area contributed by atoms with E-state index in [1.807, 2.05) is 0 Å². The van der Waals surface area contributed by atoms with Crippen LogP contribution in [0.2, 0.25) is 0 Å². The molecule has 1 heterocycles. The Morgan fingerprint density at radius 1 is 0.941 bits per heavy atom. The van der Waals surface area contributed by atoms with Crippen LogP contribution in [-0.4, -0.2) is 6.54 Å². The van der Waals surface area contributed by atoms with E-state index >= 15 is 0 Å². The van der Waals surface area contributed by atoms with Crippen LogP contribution in [0.1, 0.15) is 17.2 Å². The summed E-state index contributed by atoms with van der Waals surface area (Å²) in [6.45, 7) is 3.05. The molecule has 3 rings (SSSR count). The quantitative estimate of drug-likeness (QED) is 0.773. The van der Waals surface area contributed by atoms with E-state index in [2.05, 4.69) is 66.1 Å². The van der Waals surface area contributed by atoms with Gasteiger partial charge in [0.25, 0.3) is 0 Å². The van der Waals surface area contributed by atoms with Crippen LogP contribution in [0.3, 0.4) is 0 Å². The SMILES string of the molecule is Cc1ccc(C2CNc3ccccc3N2)cc1. The predicted molar refractivity (Wildman–Crippen MR) is 72.5 cm³/mol. The fraction of sp³-hybridized carbons (Fsp3) is 0.200. The molecule has 0 saturated heterocycles. The molecule has 2 heteroatoms. The standard InChI is InChI=1S/C15H16N2/c1-11-6-8-12(9-7-11)15-10-16-13-4-2-3-5-14(13)17-15/h2-9,15-17H,10H2,1H3. The molecule has 0 radical (unpaired) electrons. The summed E-state index contributed by atoms with van der Waals surface area (Å²) >= 11 is 0. The van der Waals surface area contributed by atoms with E-state index in [1.54, 1.807) is 0 Å². The lowest BCUT2D eigenvalue weighted by Gasteiger charge is -2.28. The number of fused-ring (bicyclic) bond motifs is 1. The Hall–Kier alpha value is -1.96. The van der Waals surface area contributed by atoms with Gasteiger partial charge in [0, 0.05) is 6.54 Å². The van der Waals surface area contributed by atoms with Gasteiger partial charge in [-0.3, -0.25) is 0 Å². The Bertz CT molecular complexity index is 517. The third-order valence-electron chi connectivity index (χ3n) is 3.23. The summed E-state index contributed by atoms with van der Waals surface area (Å²) in [5.41, 5.74) is 5.01. The number of anilines is 2. The molecular formula is C15H16N2. The summed E-state index contributed by atoms with van der Waals surface area (Å²) in [6, 6.07) is 17.4. The summed E-state index contributed by atoms with van der Waals surface area (Å²) in [6.07, 6.45) is 0. The zero-order valence-electron chi connectivity index (χ0n) is 9.90. The second-order valence-electron chi connectivity index (χ2n) is 4.53. The molecule has 0 aliphatic carbocycles. The number of nitrogens with one attached hydrogen (secondary N) is 2.